The van der Waals surface area contributed by atoms with Crippen LogP contribution in [0.15, 0.2) is 36.4 Å². The maximum Gasteiger partial charge on any atom is 0.163 e. The van der Waals surface area contributed by atoms with Crippen LogP contribution in [0.4, 0.5) is 5.82 Å². The number of anilines is 1. The molecule has 3 nitrogen and oxygen atoms in total. The summed E-state index contributed by atoms with van der Waals surface area (Å²) in [6.07, 6.45) is 6.86. The lowest BCUT2D eigenvalue weighted by Crippen LogP contribution is -2.04. The Kier molecular flexibility index (Phi) is 4.77. The van der Waals surface area contributed by atoms with Gasteiger partial charge >= 0.3 is 0 Å². The molecule has 2 aromatic rings. The zero-order valence-electron chi connectivity index (χ0n) is 10.4. The van der Waals surface area contributed by atoms with E-state index in [4.69, 9.17) is 18.0 Å². The predicted molar refractivity (Wildman–Crippen MR) is 79.0 cm³/mol. The van der Waals surface area contributed by atoms with Gasteiger partial charge in [-0.3, -0.25) is 0 Å². The predicted octanol–water partition coefficient (Wildman–Crippen LogP) is 3.62. The summed E-state index contributed by atoms with van der Waals surface area (Å²) in [7, 11) is 0. The average molecular weight is 272 g/mol. The average Bonchev–Trinajstić information content (AvgIpc) is 2.44. The Hall–Kier alpha value is -2.05. The van der Waals surface area contributed by atoms with Gasteiger partial charge in [-0.15, -0.1) is 12.3 Å². The second-order valence-electron chi connectivity index (χ2n) is 4.00. The van der Waals surface area contributed by atoms with Crippen LogP contribution in [0.2, 0.25) is 5.15 Å². The molecule has 0 unspecified atom stereocenters. The van der Waals surface area contributed by atoms with E-state index in [1.807, 2.05) is 30.3 Å². The van der Waals surface area contributed by atoms with E-state index in [1.54, 1.807) is 6.07 Å². The fourth-order valence-electron chi connectivity index (χ4n) is 1.63. The number of hydrogen-bond donors (Lipinski definition) is 1. The van der Waals surface area contributed by atoms with Gasteiger partial charge in [0.25, 0.3) is 0 Å². The third-order valence-corrected chi connectivity index (χ3v) is 2.72. The lowest BCUT2D eigenvalue weighted by molar-refractivity contribution is 0.900. The summed E-state index contributed by atoms with van der Waals surface area (Å²) in [5.74, 6) is 3.94. The monoisotopic (exact) mass is 271 g/mol. The van der Waals surface area contributed by atoms with Crippen molar-refractivity contribution in [3.05, 3.63) is 41.6 Å². The van der Waals surface area contributed by atoms with Crippen molar-refractivity contribution in [3.63, 3.8) is 0 Å². The van der Waals surface area contributed by atoms with E-state index in [0.29, 0.717) is 11.0 Å². The van der Waals surface area contributed by atoms with E-state index in [-0.39, 0.29) is 0 Å². The molecule has 0 amide bonds. The molecule has 19 heavy (non-hydrogen) atoms. The summed E-state index contributed by atoms with van der Waals surface area (Å²) >= 11 is 6.02. The van der Waals surface area contributed by atoms with Crippen molar-refractivity contribution in [2.45, 2.75) is 12.8 Å². The second kappa shape index (κ2) is 6.77. The molecule has 0 spiro atoms. The lowest BCUT2D eigenvalue weighted by atomic mass is 10.2. The number of aromatic nitrogens is 2. The molecule has 0 fully saturated rings. The molecule has 1 aromatic carbocycles. The summed E-state index contributed by atoms with van der Waals surface area (Å²) in [4.78, 5) is 8.67. The molecule has 0 aliphatic heterocycles. The van der Waals surface area contributed by atoms with Crippen LogP contribution in [0, 0.1) is 12.3 Å². The normalized spacial score (nSPS) is 9.89. The number of hydrogen-bond acceptors (Lipinski definition) is 3. The van der Waals surface area contributed by atoms with Crippen molar-refractivity contribution < 1.29 is 0 Å². The molecular formula is C15H14ClN3. The van der Waals surface area contributed by atoms with Gasteiger partial charge in [0.2, 0.25) is 0 Å². The zero-order chi connectivity index (χ0) is 13.5. The maximum absolute atomic E-state index is 6.02. The summed E-state index contributed by atoms with van der Waals surface area (Å²) in [5.41, 5.74) is 0.941. The first-order valence-corrected chi connectivity index (χ1v) is 6.45. The summed E-state index contributed by atoms with van der Waals surface area (Å²) in [5, 5.41) is 3.62. The molecule has 0 aliphatic carbocycles. The Bertz CT molecular complexity index is 576. The highest BCUT2D eigenvalue weighted by atomic mass is 35.5. The van der Waals surface area contributed by atoms with E-state index in [0.717, 1.165) is 30.8 Å². The quantitative estimate of drug-likeness (QED) is 0.513. The smallest absolute Gasteiger partial charge is 0.163 e. The molecule has 0 saturated heterocycles. The largest absolute Gasteiger partial charge is 0.370 e. The van der Waals surface area contributed by atoms with Crippen molar-refractivity contribution in [2.24, 2.45) is 0 Å². The molecule has 1 heterocycles. The number of nitrogens with zero attached hydrogens (tertiary/aromatic N) is 2. The van der Waals surface area contributed by atoms with Crippen LogP contribution in [0.1, 0.15) is 12.8 Å². The standard InChI is InChI=1S/C15H14ClN3/c1-2-3-7-10-17-14-11-13(16)18-15(19-14)12-8-5-4-6-9-12/h1,4-6,8-9,11H,3,7,10H2,(H,17,18,19). The van der Waals surface area contributed by atoms with Gasteiger partial charge in [-0.1, -0.05) is 41.9 Å². The number of nitrogens with one attached hydrogen (secondary N) is 1. The molecule has 0 saturated carbocycles. The SMILES string of the molecule is C#CCCCNc1cc(Cl)nc(-c2ccccc2)n1. The van der Waals surface area contributed by atoms with Crippen LogP contribution in [0.3, 0.4) is 0 Å². The molecular weight excluding hydrogens is 258 g/mol. The Morgan fingerprint density at radius 2 is 2.00 bits per heavy atom. The van der Waals surface area contributed by atoms with Crippen LogP contribution in [-0.2, 0) is 0 Å². The molecule has 2 rings (SSSR count). The molecule has 0 radical (unpaired) electrons. The van der Waals surface area contributed by atoms with Crippen molar-refractivity contribution in [1.82, 2.24) is 9.97 Å². The Balaban J connectivity index is 2.14. The first-order valence-electron chi connectivity index (χ1n) is 6.07. The number of benzene rings is 1. The number of halogens is 1. The third-order valence-electron chi connectivity index (χ3n) is 2.53. The number of unbranched alkanes of at least 4 members (excludes halogenated alkanes) is 1. The second-order valence-corrected chi connectivity index (χ2v) is 4.39. The third kappa shape index (κ3) is 3.97. The van der Waals surface area contributed by atoms with Gasteiger partial charge < -0.3 is 5.32 Å². The van der Waals surface area contributed by atoms with E-state index in [2.05, 4.69) is 21.2 Å². The van der Waals surface area contributed by atoms with Crippen LogP contribution in [0.25, 0.3) is 11.4 Å². The van der Waals surface area contributed by atoms with Crippen molar-refractivity contribution in [2.75, 3.05) is 11.9 Å². The first kappa shape index (κ1) is 13.4. The molecule has 1 aromatic heterocycles. The lowest BCUT2D eigenvalue weighted by Gasteiger charge is -2.07. The van der Waals surface area contributed by atoms with E-state index < -0.39 is 0 Å². The van der Waals surface area contributed by atoms with Crippen LogP contribution < -0.4 is 5.32 Å². The molecule has 96 valence electrons. The van der Waals surface area contributed by atoms with E-state index in [1.165, 1.54) is 0 Å². The fraction of sp³-hybridized carbons (Fsp3) is 0.200. The summed E-state index contributed by atoms with van der Waals surface area (Å²) < 4.78 is 0. The van der Waals surface area contributed by atoms with Gasteiger partial charge in [0.05, 0.1) is 0 Å². The highest BCUT2D eigenvalue weighted by molar-refractivity contribution is 6.29. The fourth-order valence-corrected chi connectivity index (χ4v) is 1.81. The minimum atomic E-state index is 0.424. The zero-order valence-corrected chi connectivity index (χ0v) is 11.2. The molecule has 4 heteroatoms. The van der Waals surface area contributed by atoms with Crippen LogP contribution >= 0.6 is 11.6 Å². The van der Waals surface area contributed by atoms with Crippen LogP contribution in [0.5, 0.6) is 0 Å². The van der Waals surface area contributed by atoms with Gasteiger partial charge in [0.1, 0.15) is 11.0 Å². The van der Waals surface area contributed by atoms with E-state index >= 15 is 0 Å². The topological polar surface area (TPSA) is 37.8 Å². The molecule has 1 N–H and O–H groups in total. The maximum atomic E-state index is 6.02. The van der Waals surface area contributed by atoms with Crippen molar-refractivity contribution in [3.8, 4) is 23.7 Å². The van der Waals surface area contributed by atoms with Gasteiger partial charge in [-0.2, -0.15) is 0 Å². The highest BCUT2D eigenvalue weighted by Crippen LogP contribution is 2.19. The minimum absolute atomic E-state index is 0.424. The van der Waals surface area contributed by atoms with Crippen molar-refractivity contribution >= 4 is 17.4 Å². The molecule has 0 bridgehead atoms. The van der Waals surface area contributed by atoms with Gasteiger partial charge in [-0.25, -0.2) is 9.97 Å². The van der Waals surface area contributed by atoms with Crippen molar-refractivity contribution in [1.29, 1.82) is 0 Å². The van der Waals surface area contributed by atoms with Gasteiger partial charge in [0.15, 0.2) is 5.82 Å². The highest BCUT2D eigenvalue weighted by Gasteiger charge is 2.05. The Morgan fingerprint density at radius 1 is 1.21 bits per heavy atom. The van der Waals surface area contributed by atoms with Gasteiger partial charge in [0, 0.05) is 24.6 Å². The Labute approximate surface area is 118 Å². The van der Waals surface area contributed by atoms with E-state index in [9.17, 15) is 0 Å². The molecule has 0 atom stereocenters. The minimum Gasteiger partial charge on any atom is -0.370 e. The number of rotatable bonds is 5. The summed E-state index contributed by atoms with van der Waals surface area (Å²) in [6.45, 7) is 0.770. The number of terminal acetylenes is 1. The molecule has 0 aliphatic rings. The summed E-state index contributed by atoms with van der Waals surface area (Å²) in [6, 6.07) is 11.5. The van der Waals surface area contributed by atoms with Crippen LogP contribution in [-0.4, -0.2) is 16.5 Å². The Morgan fingerprint density at radius 3 is 2.74 bits per heavy atom. The first-order chi connectivity index (χ1) is 9.29. The van der Waals surface area contributed by atoms with Gasteiger partial charge in [-0.05, 0) is 6.42 Å².